The van der Waals surface area contributed by atoms with E-state index in [0.717, 1.165) is 5.69 Å². The Morgan fingerprint density at radius 2 is 2.16 bits per heavy atom. The largest absolute Gasteiger partial charge is 0.465 e. The average molecular weight is 265 g/mol. The second-order valence-electron chi connectivity index (χ2n) is 4.16. The van der Waals surface area contributed by atoms with Crippen LogP contribution in [0.2, 0.25) is 0 Å². The Labute approximate surface area is 112 Å². The number of rotatable bonds is 6. The predicted molar refractivity (Wildman–Crippen MR) is 70.6 cm³/mol. The van der Waals surface area contributed by atoms with Crippen LogP contribution in [0.25, 0.3) is 0 Å². The van der Waals surface area contributed by atoms with Gasteiger partial charge in [-0.15, -0.1) is 0 Å². The lowest BCUT2D eigenvalue weighted by Gasteiger charge is -2.15. The third kappa shape index (κ3) is 5.05. The van der Waals surface area contributed by atoms with Gasteiger partial charge in [0.25, 0.3) is 0 Å². The SMILES string of the molecule is CCNC(=O)CN(C)Cc1ccc(C(=O)OC)cn1. The van der Waals surface area contributed by atoms with Gasteiger partial charge < -0.3 is 10.1 Å². The third-order valence-electron chi connectivity index (χ3n) is 2.47. The van der Waals surface area contributed by atoms with E-state index in [1.54, 1.807) is 12.1 Å². The summed E-state index contributed by atoms with van der Waals surface area (Å²) in [5.74, 6) is -0.425. The molecule has 0 aliphatic heterocycles. The second-order valence-corrected chi connectivity index (χ2v) is 4.16. The molecular weight excluding hydrogens is 246 g/mol. The molecule has 1 rings (SSSR count). The number of likely N-dealkylation sites (N-methyl/N-ethyl adjacent to an activating group) is 2. The summed E-state index contributed by atoms with van der Waals surface area (Å²) in [6.45, 7) is 3.36. The normalized spacial score (nSPS) is 10.3. The maximum atomic E-state index is 11.4. The molecule has 19 heavy (non-hydrogen) atoms. The molecule has 1 aromatic rings. The van der Waals surface area contributed by atoms with Crippen molar-refractivity contribution in [1.82, 2.24) is 15.2 Å². The van der Waals surface area contributed by atoms with Gasteiger partial charge in [0, 0.05) is 19.3 Å². The Bertz CT molecular complexity index is 431. The predicted octanol–water partition coefficient (Wildman–Crippen LogP) is 0.436. The number of nitrogens with one attached hydrogen (secondary N) is 1. The van der Waals surface area contributed by atoms with Gasteiger partial charge in [-0.2, -0.15) is 0 Å². The Hall–Kier alpha value is -1.95. The van der Waals surface area contributed by atoms with Gasteiger partial charge in [0.2, 0.25) is 5.91 Å². The summed E-state index contributed by atoms with van der Waals surface area (Å²) in [5, 5.41) is 2.73. The highest BCUT2D eigenvalue weighted by molar-refractivity contribution is 5.88. The third-order valence-corrected chi connectivity index (χ3v) is 2.47. The van der Waals surface area contributed by atoms with Gasteiger partial charge in [-0.25, -0.2) is 4.79 Å². The number of carbonyl (C=O) groups is 2. The molecule has 6 heteroatoms. The van der Waals surface area contributed by atoms with Crippen molar-refractivity contribution in [1.29, 1.82) is 0 Å². The fraction of sp³-hybridized carbons (Fsp3) is 0.462. The van der Waals surface area contributed by atoms with Crippen molar-refractivity contribution in [2.45, 2.75) is 13.5 Å². The van der Waals surface area contributed by atoms with Crippen LogP contribution < -0.4 is 5.32 Å². The first-order chi connectivity index (χ1) is 9.06. The lowest BCUT2D eigenvalue weighted by molar-refractivity contribution is -0.121. The molecule has 6 nitrogen and oxygen atoms in total. The highest BCUT2D eigenvalue weighted by atomic mass is 16.5. The lowest BCUT2D eigenvalue weighted by Crippen LogP contribution is -2.34. The summed E-state index contributed by atoms with van der Waals surface area (Å²) in [5.41, 5.74) is 1.21. The molecule has 0 saturated heterocycles. The number of pyridine rings is 1. The molecule has 1 amide bonds. The van der Waals surface area contributed by atoms with Crippen molar-refractivity contribution in [3.05, 3.63) is 29.6 Å². The number of aromatic nitrogens is 1. The summed E-state index contributed by atoms with van der Waals surface area (Å²) in [6, 6.07) is 3.41. The van der Waals surface area contributed by atoms with E-state index < -0.39 is 5.97 Å². The van der Waals surface area contributed by atoms with Crippen LogP contribution in [0.4, 0.5) is 0 Å². The molecule has 1 heterocycles. The second kappa shape index (κ2) is 7.48. The van der Waals surface area contributed by atoms with E-state index in [1.807, 2.05) is 18.9 Å². The molecular formula is C13H19N3O3. The topological polar surface area (TPSA) is 71.5 Å². The Morgan fingerprint density at radius 3 is 2.68 bits per heavy atom. The summed E-state index contributed by atoms with van der Waals surface area (Å²) in [6.07, 6.45) is 1.47. The van der Waals surface area contributed by atoms with E-state index in [-0.39, 0.29) is 5.91 Å². The first-order valence-electron chi connectivity index (χ1n) is 6.05. The Kier molecular flexibility index (Phi) is 5.95. The maximum absolute atomic E-state index is 11.4. The van der Waals surface area contributed by atoms with Crippen LogP contribution in [0.3, 0.4) is 0 Å². The van der Waals surface area contributed by atoms with Gasteiger partial charge in [-0.05, 0) is 26.1 Å². The summed E-state index contributed by atoms with van der Waals surface area (Å²) < 4.78 is 4.59. The summed E-state index contributed by atoms with van der Waals surface area (Å²) >= 11 is 0. The Balaban J connectivity index is 2.53. The van der Waals surface area contributed by atoms with Crippen LogP contribution in [0, 0.1) is 0 Å². The van der Waals surface area contributed by atoms with E-state index in [1.165, 1.54) is 13.3 Å². The molecule has 104 valence electrons. The van der Waals surface area contributed by atoms with Gasteiger partial charge >= 0.3 is 5.97 Å². The van der Waals surface area contributed by atoms with Crippen molar-refractivity contribution in [2.75, 3.05) is 27.2 Å². The number of carbonyl (C=O) groups excluding carboxylic acids is 2. The summed E-state index contributed by atoms with van der Waals surface area (Å²) in [4.78, 5) is 28.6. The number of hydrogen-bond donors (Lipinski definition) is 1. The van der Waals surface area contributed by atoms with Crippen LogP contribution in [-0.4, -0.2) is 49.0 Å². The van der Waals surface area contributed by atoms with Crippen LogP contribution >= 0.6 is 0 Å². The zero-order valence-corrected chi connectivity index (χ0v) is 11.5. The fourth-order valence-electron chi connectivity index (χ4n) is 1.59. The monoisotopic (exact) mass is 265 g/mol. The molecule has 0 radical (unpaired) electrons. The number of hydrogen-bond acceptors (Lipinski definition) is 5. The molecule has 0 bridgehead atoms. The first-order valence-corrected chi connectivity index (χ1v) is 6.05. The molecule has 1 N–H and O–H groups in total. The molecule has 0 spiro atoms. The molecule has 0 unspecified atom stereocenters. The zero-order chi connectivity index (χ0) is 14.3. The van der Waals surface area contributed by atoms with E-state index in [9.17, 15) is 9.59 Å². The van der Waals surface area contributed by atoms with Crippen LogP contribution in [0.5, 0.6) is 0 Å². The minimum absolute atomic E-state index is 0.0174. The molecule has 0 atom stereocenters. The van der Waals surface area contributed by atoms with Crippen molar-refractivity contribution >= 4 is 11.9 Å². The minimum Gasteiger partial charge on any atom is -0.465 e. The van der Waals surface area contributed by atoms with Gasteiger partial charge in [0.15, 0.2) is 0 Å². The highest BCUT2D eigenvalue weighted by Gasteiger charge is 2.09. The highest BCUT2D eigenvalue weighted by Crippen LogP contribution is 2.04. The molecule has 0 saturated carbocycles. The molecule has 1 aromatic heterocycles. The number of amides is 1. The maximum Gasteiger partial charge on any atom is 0.339 e. The van der Waals surface area contributed by atoms with Crippen LogP contribution in [0.1, 0.15) is 23.0 Å². The van der Waals surface area contributed by atoms with Crippen LogP contribution in [0.15, 0.2) is 18.3 Å². The van der Waals surface area contributed by atoms with Gasteiger partial charge in [-0.1, -0.05) is 0 Å². The molecule has 0 aromatic carbocycles. The Morgan fingerprint density at radius 1 is 1.42 bits per heavy atom. The van der Waals surface area contributed by atoms with E-state index >= 15 is 0 Å². The minimum atomic E-state index is -0.408. The quantitative estimate of drug-likeness (QED) is 0.755. The van der Waals surface area contributed by atoms with Gasteiger partial charge in [-0.3, -0.25) is 14.7 Å². The first kappa shape index (κ1) is 15.1. The van der Waals surface area contributed by atoms with Crippen molar-refractivity contribution in [3.63, 3.8) is 0 Å². The number of ether oxygens (including phenoxy) is 1. The van der Waals surface area contributed by atoms with Gasteiger partial charge in [0.05, 0.1) is 24.9 Å². The van der Waals surface area contributed by atoms with Gasteiger partial charge in [0.1, 0.15) is 0 Å². The fourth-order valence-corrected chi connectivity index (χ4v) is 1.59. The van der Waals surface area contributed by atoms with Crippen molar-refractivity contribution in [3.8, 4) is 0 Å². The number of nitrogens with zero attached hydrogens (tertiary/aromatic N) is 2. The molecule has 0 fully saturated rings. The molecule has 0 aliphatic rings. The van der Waals surface area contributed by atoms with E-state index in [2.05, 4.69) is 15.0 Å². The zero-order valence-electron chi connectivity index (χ0n) is 11.5. The molecule has 0 aliphatic carbocycles. The lowest BCUT2D eigenvalue weighted by atomic mass is 10.2. The number of esters is 1. The average Bonchev–Trinajstić information content (AvgIpc) is 2.38. The van der Waals surface area contributed by atoms with Crippen molar-refractivity contribution < 1.29 is 14.3 Å². The standard InChI is InChI=1S/C13H19N3O3/c1-4-14-12(17)9-16(2)8-11-6-5-10(7-15-11)13(18)19-3/h5-7H,4,8-9H2,1-3H3,(H,14,17). The summed E-state index contributed by atoms with van der Waals surface area (Å²) in [7, 11) is 3.17. The number of methoxy groups -OCH3 is 1. The van der Waals surface area contributed by atoms with E-state index in [0.29, 0.717) is 25.2 Å². The van der Waals surface area contributed by atoms with Crippen molar-refractivity contribution in [2.24, 2.45) is 0 Å². The smallest absolute Gasteiger partial charge is 0.339 e. The van der Waals surface area contributed by atoms with E-state index in [4.69, 9.17) is 0 Å². The van der Waals surface area contributed by atoms with Crippen LogP contribution in [-0.2, 0) is 16.1 Å².